The number of carbonyl (C=O) groups is 2. The highest BCUT2D eigenvalue weighted by Crippen LogP contribution is 2.26. The van der Waals surface area contributed by atoms with Crippen LogP contribution in [0.25, 0.3) is 0 Å². The molecule has 5 nitrogen and oxygen atoms in total. The summed E-state index contributed by atoms with van der Waals surface area (Å²) in [5, 5.41) is 3.03. The van der Waals surface area contributed by atoms with Gasteiger partial charge >= 0.3 is 0 Å². The van der Waals surface area contributed by atoms with E-state index in [9.17, 15) is 9.59 Å². The Morgan fingerprint density at radius 1 is 0.875 bits per heavy atom. The predicted octanol–water partition coefficient (Wildman–Crippen LogP) is 4.64. The minimum Gasteiger partial charge on any atom is -0.489 e. The standard InChI is InChI=1S/C27H28N2O3/c30-25-13-7-8-18-29(25)26(23-9-3-1-4-10-23)27(31)28-19-21-14-16-22(17-15-21)20-32-24-11-5-2-6-12-24/h1-6,9-12,14-17,26H,7-8,13,18-20H2,(H,28,31). The molecule has 2 amide bonds. The first kappa shape index (κ1) is 21.6. The summed E-state index contributed by atoms with van der Waals surface area (Å²) in [4.78, 5) is 27.4. The lowest BCUT2D eigenvalue weighted by molar-refractivity contribution is -0.142. The molecule has 3 aromatic carbocycles. The quantitative estimate of drug-likeness (QED) is 0.569. The van der Waals surface area contributed by atoms with Crippen LogP contribution in [0, 0.1) is 0 Å². The molecule has 1 aliphatic heterocycles. The van der Waals surface area contributed by atoms with E-state index in [-0.39, 0.29) is 11.8 Å². The summed E-state index contributed by atoms with van der Waals surface area (Å²) in [5.41, 5.74) is 2.90. The second-order valence-electron chi connectivity index (χ2n) is 7.99. The minimum absolute atomic E-state index is 0.0445. The van der Waals surface area contributed by atoms with E-state index >= 15 is 0 Å². The van der Waals surface area contributed by atoms with Crippen LogP contribution in [-0.2, 0) is 22.7 Å². The number of rotatable bonds is 8. The van der Waals surface area contributed by atoms with Crippen LogP contribution < -0.4 is 10.1 Å². The van der Waals surface area contributed by atoms with Crippen LogP contribution >= 0.6 is 0 Å². The average Bonchev–Trinajstić information content (AvgIpc) is 2.85. The second kappa shape index (κ2) is 10.6. The van der Waals surface area contributed by atoms with Gasteiger partial charge in [-0.05, 0) is 41.7 Å². The van der Waals surface area contributed by atoms with Crippen molar-refractivity contribution in [1.82, 2.24) is 10.2 Å². The fourth-order valence-electron chi connectivity index (χ4n) is 3.93. The first-order valence-corrected chi connectivity index (χ1v) is 11.1. The Morgan fingerprint density at radius 3 is 2.22 bits per heavy atom. The van der Waals surface area contributed by atoms with Crippen molar-refractivity contribution in [3.63, 3.8) is 0 Å². The van der Waals surface area contributed by atoms with Crippen molar-refractivity contribution in [2.45, 2.75) is 38.5 Å². The number of para-hydroxylation sites is 1. The van der Waals surface area contributed by atoms with E-state index in [1.807, 2.05) is 84.9 Å². The molecule has 1 unspecified atom stereocenters. The number of benzene rings is 3. The number of nitrogens with one attached hydrogen (secondary N) is 1. The molecule has 0 spiro atoms. The van der Waals surface area contributed by atoms with Crippen molar-refractivity contribution in [3.8, 4) is 5.75 Å². The number of likely N-dealkylation sites (tertiary alicyclic amines) is 1. The van der Waals surface area contributed by atoms with Gasteiger partial charge in [0.1, 0.15) is 18.4 Å². The molecule has 1 fully saturated rings. The van der Waals surface area contributed by atoms with E-state index in [0.29, 0.717) is 26.1 Å². The first-order valence-electron chi connectivity index (χ1n) is 11.1. The van der Waals surface area contributed by atoms with E-state index in [0.717, 1.165) is 35.3 Å². The van der Waals surface area contributed by atoms with Gasteiger partial charge in [0.05, 0.1) is 0 Å². The summed E-state index contributed by atoms with van der Waals surface area (Å²) >= 11 is 0. The van der Waals surface area contributed by atoms with Crippen LogP contribution in [0.5, 0.6) is 5.75 Å². The zero-order valence-electron chi connectivity index (χ0n) is 18.1. The number of hydrogen-bond acceptors (Lipinski definition) is 3. The van der Waals surface area contributed by atoms with Gasteiger partial charge in [0, 0.05) is 19.5 Å². The summed E-state index contributed by atoms with van der Waals surface area (Å²) in [6.45, 7) is 1.51. The highest BCUT2D eigenvalue weighted by atomic mass is 16.5. The van der Waals surface area contributed by atoms with Gasteiger partial charge in [-0.1, -0.05) is 72.8 Å². The molecular formula is C27H28N2O3. The van der Waals surface area contributed by atoms with Crippen molar-refractivity contribution in [2.24, 2.45) is 0 Å². The monoisotopic (exact) mass is 428 g/mol. The third-order valence-electron chi connectivity index (χ3n) is 5.67. The molecule has 0 saturated carbocycles. The van der Waals surface area contributed by atoms with E-state index in [1.165, 1.54) is 0 Å². The third-order valence-corrected chi connectivity index (χ3v) is 5.67. The van der Waals surface area contributed by atoms with Crippen molar-refractivity contribution in [3.05, 3.63) is 102 Å². The molecule has 1 aliphatic rings. The Bertz CT molecular complexity index is 1020. The minimum atomic E-state index is -0.595. The molecule has 3 aromatic rings. The molecule has 1 N–H and O–H groups in total. The van der Waals surface area contributed by atoms with Crippen LogP contribution in [0.2, 0.25) is 0 Å². The van der Waals surface area contributed by atoms with Gasteiger partial charge in [0.25, 0.3) is 0 Å². The lowest BCUT2D eigenvalue weighted by atomic mass is 10.0. The van der Waals surface area contributed by atoms with E-state index in [4.69, 9.17) is 4.74 Å². The van der Waals surface area contributed by atoms with Crippen molar-refractivity contribution in [1.29, 1.82) is 0 Å². The number of amides is 2. The van der Waals surface area contributed by atoms with Crippen LogP contribution in [0.3, 0.4) is 0 Å². The largest absolute Gasteiger partial charge is 0.489 e. The highest BCUT2D eigenvalue weighted by Gasteiger charge is 2.32. The van der Waals surface area contributed by atoms with Crippen molar-refractivity contribution < 1.29 is 14.3 Å². The van der Waals surface area contributed by atoms with E-state index in [1.54, 1.807) is 4.90 Å². The molecule has 1 saturated heterocycles. The average molecular weight is 429 g/mol. The molecule has 0 bridgehead atoms. The SMILES string of the molecule is O=C(NCc1ccc(COc2ccccc2)cc1)C(c1ccccc1)N1CCCCC1=O. The molecule has 5 heteroatoms. The topological polar surface area (TPSA) is 58.6 Å². The van der Waals surface area contributed by atoms with Gasteiger partial charge in [-0.15, -0.1) is 0 Å². The van der Waals surface area contributed by atoms with Crippen molar-refractivity contribution in [2.75, 3.05) is 6.54 Å². The Hall–Kier alpha value is -3.60. The van der Waals surface area contributed by atoms with Gasteiger partial charge in [-0.25, -0.2) is 0 Å². The summed E-state index contributed by atoms with van der Waals surface area (Å²) < 4.78 is 5.78. The van der Waals surface area contributed by atoms with Gasteiger partial charge in [0.2, 0.25) is 11.8 Å². The summed E-state index contributed by atoms with van der Waals surface area (Å²) in [6, 6.07) is 26.7. The number of piperidine rings is 1. The Balaban J connectivity index is 1.38. The predicted molar refractivity (Wildman–Crippen MR) is 124 cm³/mol. The molecular weight excluding hydrogens is 400 g/mol. The molecule has 32 heavy (non-hydrogen) atoms. The third kappa shape index (κ3) is 5.55. The molecule has 4 rings (SSSR count). The van der Waals surface area contributed by atoms with Crippen LogP contribution in [0.15, 0.2) is 84.9 Å². The zero-order valence-corrected chi connectivity index (χ0v) is 18.1. The second-order valence-corrected chi connectivity index (χ2v) is 7.99. The number of hydrogen-bond donors (Lipinski definition) is 1. The summed E-state index contributed by atoms with van der Waals surface area (Å²) in [6.07, 6.45) is 2.32. The van der Waals surface area contributed by atoms with E-state index < -0.39 is 6.04 Å². The fraction of sp³-hybridized carbons (Fsp3) is 0.259. The lowest BCUT2D eigenvalue weighted by Gasteiger charge is -2.34. The Kier molecular flexibility index (Phi) is 7.18. The number of carbonyl (C=O) groups excluding carboxylic acids is 2. The van der Waals surface area contributed by atoms with Crippen LogP contribution in [0.4, 0.5) is 0 Å². The molecule has 0 radical (unpaired) electrons. The van der Waals surface area contributed by atoms with Crippen molar-refractivity contribution >= 4 is 11.8 Å². The smallest absolute Gasteiger partial charge is 0.247 e. The Labute approximate surface area is 189 Å². The van der Waals surface area contributed by atoms with Gasteiger partial charge in [-0.3, -0.25) is 9.59 Å². The van der Waals surface area contributed by atoms with Gasteiger partial charge < -0.3 is 15.0 Å². The van der Waals surface area contributed by atoms with Crippen LogP contribution in [-0.4, -0.2) is 23.3 Å². The molecule has 0 aliphatic carbocycles. The van der Waals surface area contributed by atoms with E-state index in [2.05, 4.69) is 5.32 Å². The summed E-state index contributed by atoms with van der Waals surface area (Å²) in [5.74, 6) is 0.731. The number of nitrogens with zero attached hydrogens (tertiary/aromatic N) is 1. The molecule has 0 aromatic heterocycles. The normalized spacial score (nSPS) is 14.6. The molecule has 1 heterocycles. The number of ether oxygens (including phenoxy) is 1. The first-order chi connectivity index (χ1) is 15.7. The summed E-state index contributed by atoms with van der Waals surface area (Å²) in [7, 11) is 0. The Morgan fingerprint density at radius 2 is 1.53 bits per heavy atom. The molecule has 1 atom stereocenters. The van der Waals surface area contributed by atoms with Crippen LogP contribution in [0.1, 0.15) is 42.0 Å². The van der Waals surface area contributed by atoms with Gasteiger partial charge in [-0.2, -0.15) is 0 Å². The fourth-order valence-corrected chi connectivity index (χ4v) is 3.93. The highest BCUT2D eigenvalue weighted by molar-refractivity contribution is 5.89. The maximum atomic E-state index is 13.2. The van der Waals surface area contributed by atoms with Gasteiger partial charge in [0.15, 0.2) is 0 Å². The lowest BCUT2D eigenvalue weighted by Crippen LogP contribution is -2.45. The zero-order chi connectivity index (χ0) is 22.2. The molecule has 164 valence electrons. The maximum Gasteiger partial charge on any atom is 0.247 e. The maximum absolute atomic E-state index is 13.2.